The highest BCUT2D eigenvalue weighted by molar-refractivity contribution is 7.14. The Morgan fingerprint density at radius 3 is 2.79 bits per heavy atom. The molecule has 0 aliphatic rings. The van der Waals surface area contributed by atoms with E-state index in [2.05, 4.69) is 10.3 Å². The van der Waals surface area contributed by atoms with Crippen LogP contribution in [0.1, 0.15) is 0 Å². The lowest BCUT2D eigenvalue weighted by Gasteiger charge is -2.20. The van der Waals surface area contributed by atoms with Crippen molar-refractivity contribution < 1.29 is 24.5 Å². The highest BCUT2D eigenvalue weighted by Gasteiger charge is 2.16. The third-order valence-corrected chi connectivity index (χ3v) is 3.87. The van der Waals surface area contributed by atoms with Gasteiger partial charge in [-0.1, -0.05) is 0 Å². The van der Waals surface area contributed by atoms with Crippen LogP contribution in [0.15, 0.2) is 23.6 Å². The smallest absolute Gasteiger partial charge is 0.325 e. The maximum absolute atomic E-state index is 12.2. The first-order chi connectivity index (χ1) is 11.5. The number of carbonyl (C=O) groups excluding carboxylic acids is 1. The van der Waals surface area contributed by atoms with E-state index in [4.69, 9.17) is 9.47 Å². The Labute approximate surface area is 143 Å². The number of nitrogens with one attached hydrogen (secondary N) is 1. The Morgan fingerprint density at radius 1 is 1.33 bits per heavy atom. The van der Waals surface area contributed by atoms with Gasteiger partial charge in [0.25, 0.3) is 0 Å². The number of thiazole rings is 1. The number of anilines is 1. The van der Waals surface area contributed by atoms with E-state index in [9.17, 15) is 15.0 Å². The van der Waals surface area contributed by atoms with Gasteiger partial charge in [-0.15, -0.1) is 11.3 Å². The fourth-order valence-corrected chi connectivity index (χ4v) is 2.64. The maximum atomic E-state index is 12.2. The molecule has 2 rings (SSSR count). The number of ether oxygens (including phenoxy) is 2. The van der Waals surface area contributed by atoms with E-state index in [-0.39, 0.29) is 24.3 Å². The number of aromatic nitrogens is 1. The second-order valence-corrected chi connectivity index (χ2v) is 5.70. The van der Waals surface area contributed by atoms with Crippen molar-refractivity contribution in [2.24, 2.45) is 0 Å². The Balaban J connectivity index is 2.08. The Bertz CT molecular complexity index is 691. The van der Waals surface area contributed by atoms with Crippen molar-refractivity contribution in [2.75, 3.05) is 39.4 Å². The van der Waals surface area contributed by atoms with Crippen molar-refractivity contribution in [1.29, 1.82) is 0 Å². The van der Waals surface area contributed by atoms with Crippen LogP contribution in [0.25, 0.3) is 11.3 Å². The summed E-state index contributed by atoms with van der Waals surface area (Å²) in [5.41, 5.74) is 0.973. The number of phenolic OH excluding ortho intramolecular Hbond substituents is 2. The predicted octanol–water partition coefficient (Wildman–Crippen LogP) is 2.31. The quantitative estimate of drug-likeness (QED) is 0.660. The largest absolute Gasteiger partial charge is 0.508 e. The van der Waals surface area contributed by atoms with Gasteiger partial charge < -0.3 is 19.7 Å². The molecule has 0 fully saturated rings. The van der Waals surface area contributed by atoms with Crippen molar-refractivity contribution in [3.05, 3.63) is 23.6 Å². The zero-order valence-corrected chi connectivity index (χ0v) is 14.2. The van der Waals surface area contributed by atoms with Gasteiger partial charge in [0, 0.05) is 37.8 Å². The lowest BCUT2D eigenvalue weighted by molar-refractivity contribution is 0.0690. The second-order valence-electron chi connectivity index (χ2n) is 4.84. The summed E-state index contributed by atoms with van der Waals surface area (Å²) in [5, 5.41) is 24.0. The predicted molar refractivity (Wildman–Crippen MR) is 90.4 cm³/mol. The van der Waals surface area contributed by atoms with E-state index < -0.39 is 0 Å². The van der Waals surface area contributed by atoms with Gasteiger partial charge in [-0.2, -0.15) is 0 Å². The lowest BCUT2D eigenvalue weighted by atomic mass is 10.1. The molecule has 0 atom stereocenters. The Morgan fingerprint density at radius 2 is 2.12 bits per heavy atom. The monoisotopic (exact) mass is 353 g/mol. The number of aromatic hydroxyl groups is 2. The van der Waals surface area contributed by atoms with Gasteiger partial charge >= 0.3 is 6.03 Å². The van der Waals surface area contributed by atoms with Crippen molar-refractivity contribution in [1.82, 2.24) is 9.88 Å². The van der Waals surface area contributed by atoms with Crippen molar-refractivity contribution >= 4 is 22.5 Å². The molecule has 0 saturated carbocycles. The van der Waals surface area contributed by atoms with Crippen LogP contribution in [0, 0.1) is 0 Å². The molecule has 1 aromatic carbocycles. The minimum atomic E-state index is -0.357. The average Bonchev–Trinajstić information content (AvgIpc) is 2.99. The molecule has 0 bridgehead atoms. The fraction of sp³-hybridized carbons (Fsp3) is 0.333. The van der Waals surface area contributed by atoms with Gasteiger partial charge in [0.2, 0.25) is 0 Å². The van der Waals surface area contributed by atoms with Crippen LogP contribution in [0.5, 0.6) is 11.5 Å². The summed E-state index contributed by atoms with van der Waals surface area (Å²) in [5.74, 6) is -0.118. The molecule has 0 radical (unpaired) electrons. The second kappa shape index (κ2) is 8.48. The van der Waals surface area contributed by atoms with E-state index in [1.54, 1.807) is 18.6 Å². The molecule has 24 heavy (non-hydrogen) atoms. The topological polar surface area (TPSA) is 104 Å². The van der Waals surface area contributed by atoms with Crippen molar-refractivity contribution in [3.8, 4) is 22.8 Å². The van der Waals surface area contributed by atoms with E-state index in [0.29, 0.717) is 29.5 Å². The van der Waals surface area contributed by atoms with Gasteiger partial charge in [0.05, 0.1) is 12.3 Å². The molecule has 8 nitrogen and oxygen atoms in total. The average molecular weight is 353 g/mol. The molecule has 0 aliphatic carbocycles. The molecule has 2 aromatic rings. The Kier molecular flexibility index (Phi) is 6.36. The van der Waals surface area contributed by atoms with Crippen LogP contribution in [-0.2, 0) is 9.47 Å². The zero-order valence-electron chi connectivity index (χ0n) is 13.4. The van der Waals surface area contributed by atoms with E-state index in [0.717, 1.165) is 0 Å². The Hall–Kier alpha value is -2.36. The third kappa shape index (κ3) is 4.57. The molecular formula is C15H19N3O5S. The number of rotatable bonds is 7. The highest BCUT2D eigenvalue weighted by atomic mass is 32.1. The number of hydrogen-bond acceptors (Lipinski definition) is 7. The summed E-state index contributed by atoms with van der Waals surface area (Å²) in [6.07, 6.45) is 0. The van der Waals surface area contributed by atoms with Crippen LogP contribution in [-0.4, -0.2) is 60.2 Å². The summed E-state index contributed by atoms with van der Waals surface area (Å²) in [4.78, 5) is 18.0. The number of methoxy groups -OCH3 is 2. The third-order valence-electron chi connectivity index (χ3n) is 3.11. The number of nitrogens with zero attached hydrogens (tertiary/aromatic N) is 2. The number of hydrogen-bond donors (Lipinski definition) is 3. The van der Waals surface area contributed by atoms with E-state index in [1.165, 1.54) is 35.5 Å². The molecule has 3 N–H and O–H groups in total. The summed E-state index contributed by atoms with van der Waals surface area (Å²) < 4.78 is 9.96. The number of urea groups is 1. The molecule has 0 unspecified atom stereocenters. The molecule has 130 valence electrons. The lowest BCUT2D eigenvalue weighted by Crippen LogP contribution is -2.38. The zero-order chi connectivity index (χ0) is 17.5. The van der Waals surface area contributed by atoms with Gasteiger partial charge in [-0.25, -0.2) is 9.78 Å². The van der Waals surface area contributed by atoms with Crippen LogP contribution in [0.3, 0.4) is 0 Å². The van der Waals surface area contributed by atoms with Crippen LogP contribution in [0.4, 0.5) is 9.93 Å². The van der Waals surface area contributed by atoms with Crippen LogP contribution < -0.4 is 5.32 Å². The minimum Gasteiger partial charge on any atom is -0.508 e. The van der Waals surface area contributed by atoms with Gasteiger partial charge in [0.15, 0.2) is 5.13 Å². The first-order valence-electron chi connectivity index (χ1n) is 7.06. The summed E-state index contributed by atoms with van der Waals surface area (Å²) in [7, 11) is 3.06. The summed E-state index contributed by atoms with van der Waals surface area (Å²) in [6.45, 7) is 0.903. The molecule has 0 saturated heterocycles. The number of phenols is 2. The molecule has 1 heterocycles. The summed E-state index contributed by atoms with van der Waals surface area (Å²) in [6, 6.07) is 3.89. The van der Waals surface area contributed by atoms with Gasteiger partial charge in [0.1, 0.15) is 18.2 Å². The maximum Gasteiger partial charge on any atom is 0.325 e. The first kappa shape index (κ1) is 18.0. The first-order valence-corrected chi connectivity index (χ1v) is 7.94. The molecule has 2 amide bonds. The fourth-order valence-electron chi connectivity index (χ4n) is 1.94. The molecule has 0 aliphatic heterocycles. The number of amides is 2. The van der Waals surface area contributed by atoms with E-state index >= 15 is 0 Å². The molecule has 1 aromatic heterocycles. The van der Waals surface area contributed by atoms with Crippen LogP contribution in [0.2, 0.25) is 0 Å². The molecule has 0 spiro atoms. The minimum absolute atomic E-state index is 0.0339. The molecule has 9 heteroatoms. The number of carbonyl (C=O) groups is 1. The summed E-state index contributed by atoms with van der Waals surface area (Å²) >= 11 is 1.23. The number of benzene rings is 1. The van der Waals surface area contributed by atoms with Gasteiger partial charge in [-0.3, -0.25) is 10.2 Å². The normalized spacial score (nSPS) is 10.6. The molecular weight excluding hydrogens is 334 g/mol. The van der Waals surface area contributed by atoms with Crippen LogP contribution >= 0.6 is 11.3 Å². The van der Waals surface area contributed by atoms with E-state index in [1.807, 2.05) is 0 Å². The highest BCUT2D eigenvalue weighted by Crippen LogP contribution is 2.33. The van der Waals surface area contributed by atoms with Gasteiger partial charge in [-0.05, 0) is 12.1 Å². The van der Waals surface area contributed by atoms with Crippen molar-refractivity contribution in [3.63, 3.8) is 0 Å². The van der Waals surface area contributed by atoms with Crippen molar-refractivity contribution in [2.45, 2.75) is 0 Å². The SMILES string of the molecule is COCCN(COC)C(=O)Nc1nc(-c2ccc(O)cc2O)cs1. The standard InChI is InChI=1S/C15H19N3O5S/c1-22-6-5-18(9-23-2)15(21)17-14-16-12(8-24-14)11-4-3-10(19)7-13(11)20/h3-4,7-8,19-20H,5-6,9H2,1-2H3,(H,16,17,21).